The lowest BCUT2D eigenvalue weighted by Gasteiger charge is -2.28. The van der Waals surface area contributed by atoms with Crippen LogP contribution in [0.3, 0.4) is 0 Å². The number of hydrogen-bond donors (Lipinski definition) is 2. The molecule has 3 atom stereocenters. The number of anilines is 1. The summed E-state index contributed by atoms with van der Waals surface area (Å²) in [6.07, 6.45) is 0.953. The first-order valence-corrected chi connectivity index (χ1v) is 9.53. The standard InChI is InChI=1S/C22H27N3O2/c1-4-23-21(26)18-10-12-19(13-11-18)24-22(27)25-15(2)14-20(16(25)3)17-8-6-5-7-9-17/h5-13,15-16,20H,4,14H2,1-3H3,(H,23,26)(H,24,27). The van der Waals surface area contributed by atoms with Crippen LogP contribution in [-0.2, 0) is 0 Å². The molecule has 3 amide bonds. The van der Waals surface area contributed by atoms with Crippen molar-refractivity contribution in [1.29, 1.82) is 0 Å². The van der Waals surface area contributed by atoms with Crippen LogP contribution < -0.4 is 10.6 Å². The second-order valence-electron chi connectivity index (χ2n) is 7.12. The molecule has 3 unspecified atom stereocenters. The largest absolute Gasteiger partial charge is 0.352 e. The summed E-state index contributed by atoms with van der Waals surface area (Å²) in [5.41, 5.74) is 2.55. The highest BCUT2D eigenvalue weighted by Gasteiger charge is 2.39. The van der Waals surface area contributed by atoms with Gasteiger partial charge in [0.1, 0.15) is 0 Å². The zero-order chi connectivity index (χ0) is 19.4. The van der Waals surface area contributed by atoms with Crippen LogP contribution in [0.1, 0.15) is 49.0 Å². The highest BCUT2D eigenvalue weighted by atomic mass is 16.2. The minimum absolute atomic E-state index is 0.0980. The lowest BCUT2D eigenvalue weighted by Crippen LogP contribution is -2.42. The summed E-state index contributed by atoms with van der Waals surface area (Å²) in [5.74, 6) is 0.231. The van der Waals surface area contributed by atoms with Gasteiger partial charge in [-0.2, -0.15) is 0 Å². The fraction of sp³-hybridized carbons (Fsp3) is 0.364. The van der Waals surface area contributed by atoms with Gasteiger partial charge >= 0.3 is 6.03 Å². The van der Waals surface area contributed by atoms with Gasteiger partial charge in [-0.3, -0.25) is 4.79 Å². The Morgan fingerprint density at radius 3 is 2.33 bits per heavy atom. The number of carbonyl (C=O) groups is 2. The number of benzene rings is 2. The van der Waals surface area contributed by atoms with Crippen LogP contribution in [0.15, 0.2) is 54.6 Å². The van der Waals surface area contributed by atoms with Crippen molar-refractivity contribution in [2.45, 2.75) is 45.2 Å². The van der Waals surface area contributed by atoms with Crippen LogP contribution in [0.25, 0.3) is 0 Å². The zero-order valence-corrected chi connectivity index (χ0v) is 16.1. The second kappa shape index (κ2) is 8.25. The highest BCUT2D eigenvalue weighted by Crippen LogP contribution is 2.37. The SMILES string of the molecule is CCNC(=O)c1ccc(NC(=O)N2C(C)CC(c3ccccc3)C2C)cc1. The van der Waals surface area contributed by atoms with Gasteiger partial charge in [-0.15, -0.1) is 0 Å². The van der Waals surface area contributed by atoms with Gasteiger partial charge in [-0.1, -0.05) is 30.3 Å². The lowest BCUT2D eigenvalue weighted by atomic mass is 9.92. The molecule has 0 spiro atoms. The Morgan fingerprint density at radius 1 is 1.04 bits per heavy atom. The summed E-state index contributed by atoms with van der Waals surface area (Å²) in [6, 6.07) is 17.6. The quantitative estimate of drug-likeness (QED) is 0.851. The Hall–Kier alpha value is -2.82. The third kappa shape index (κ3) is 4.13. The van der Waals surface area contributed by atoms with E-state index in [0.29, 0.717) is 23.7 Å². The number of hydrogen-bond acceptors (Lipinski definition) is 2. The fourth-order valence-corrected chi connectivity index (χ4v) is 3.93. The van der Waals surface area contributed by atoms with Crippen molar-refractivity contribution < 1.29 is 9.59 Å². The summed E-state index contributed by atoms with van der Waals surface area (Å²) in [5, 5.41) is 5.73. The average Bonchev–Trinajstić information content (AvgIpc) is 2.97. The van der Waals surface area contributed by atoms with Crippen molar-refractivity contribution in [3.63, 3.8) is 0 Å². The first kappa shape index (κ1) is 19.0. The maximum Gasteiger partial charge on any atom is 0.322 e. The van der Waals surface area contributed by atoms with Gasteiger partial charge < -0.3 is 15.5 Å². The van der Waals surface area contributed by atoms with E-state index in [1.807, 2.05) is 30.0 Å². The van der Waals surface area contributed by atoms with E-state index in [1.54, 1.807) is 24.3 Å². The fourth-order valence-electron chi connectivity index (χ4n) is 3.93. The van der Waals surface area contributed by atoms with E-state index in [0.717, 1.165) is 6.42 Å². The zero-order valence-electron chi connectivity index (χ0n) is 16.1. The van der Waals surface area contributed by atoms with Gasteiger partial charge in [0.15, 0.2) is 0 Å². The molecule has 2 N–H and O–H groups in total. The predicted molar refractivity (Wildman–Crippen MR) is 108 cm³/mol. The first-order chi connectivity index (χ1) is 13.0. The average molecular weight is 365 g/mol. The number of nitrogens with one attached hydrogen (secondary N) is 2. The van der Waals surface area contributed by atoms with E-state index >= 15 is 0 Å². The molecule has 1 fully saturated rings. The Balaban J connectivity index is 1.68. The molecule has 0 radical (unpaired) electrons. The molecule has 0 bridgehead atoms. The van der Waals surface area contributed by atoms with Crippen molar-refractivity contribution in [2.24, 2.45) is 0 Å². The molecule has 142 valence electrons. The molecule has 0 aliphatic carbocycles. The molecule has 2 aromatic rings. The third-order valence-electron chi connectivity index (χ3n) is 5.29. The number of rotatable bonds is 4. The maximum absolute atomic E-state index is 12.9. The number of nitrogens with zero attached hydrogens (tertiary/aromatic N) is 1. The molecule has 1 aliphatic heterocycles. The monoisotopic (exact) mass is 365 g/mol. The molecule has 0 saturated carbocycles. The van der Waals surface area contributed by atoms with Gasteiger partial charge in [0, 0.05) is 35.8 Å². The van der Waals surface area contributed by atoms with Gasteiger partial charge in [-0.05, 0) is 57.0 Å². The summed E-state index contributed by atoms with van der Waals surface area (Å²) in [4.78, 5) is 26.6. The number of likely N-dealkylation sites (tertiary alicyclic amines) is 1. The van der Waals surface area contributed by atoms with E-state index in [-0.39, 0.29) is 24.0 Å². The Morgan fingerprint density at radius 2 is 1.70 bits per heavy atom. The third-order valence-corrected chi connectivity index (χ3v) is 5.29. The van der Waals surface area contributed by atoms with Gasteiger partial charge in [0.2, 0.25) is 0 Å². The molecule has 2 aromatic carbocycles. The maximum atomic E-state index is 12.9. The Labute approximate surface area is 160 Å². The number of carbonyl (C=O) groups excluding carboxylic acids is 2. The molecule has 5 nitrogen and oxygen atoms in total. The lowest BCUT2D eigenvalue weighted by molar-refractivity contribution is 0.0956. The molecule has 1 aliphatic rings. The van der Waals surface area contributed by atoms with Crippen LogP contribution in [0.5, 0.6) is 0 Å². The number of urea groups is 1. The minimum Gasteiger partial charge on any atom is -0.352 e. The molecule has 27 heavy (non-hydrogen) atoms. The molecular formula is C22H27N3O2. The molecule has 0 aromatic heterocycles. The van der Waals surface area contributed by atoms with E-state index in [4.69, 9.17) is 0 Å². The van der Waals surface area contributed by atoms with E-state index in [2.05, 4.69) is 36.6 Å². The molecule has 1 saturated heterocycles. The Bertz CT molecular complexity index is 789. The van der Waals surface area contributed by atoms with Crippen LogP contribution in [0.2, 0.25) is 0 Å². The summed E-state index contributed by atoms with van der Waals surface area (Å²) in [6.45, 7) is 6.67. The summed E-state index contributed by atoms with van der Waals surface area (Å²) < 4.78 is 0. The molecule has 5 heteroatoms. The van der Waals surface area contributed by atoms with Crippen molar-refractivity contribution >= 4 is 17.6 Å². The van der Waals surface area contributed by atoms with Crippen molar-refractivity contribution in [3.05, 3.63) is 65.7 Å². The van der Waals surface area contributed by atoms with Crippen LogP contribution in [0.4, 0.5) is 10.5 Å². The molecule has 1 heterocycles. The predicted octanol–water partition coefficient (Wildman–Crippen LogP) is 4.23. The van der Waals surface area contributed by atoms with Crippen molar-refractivity contribution in [2.75, 3.05) is 11.9 Å². The van der Waals surface area contributed by atoms with Crippen molar-refractivity contribution in [1.82, 2.24) is 10.2 Å². The van der Waals surface area contributed by atoms with E-state index < -0.39 is 0 Å². The smallest absolute Gasteiger partial charge is 0.322 e. The van der Waals surface area contributed by atoms with Gasteiger partial charge in [0.25, 0.3) is 5.91 Å². The van der Waals surface area contributed by atoms with E-state index in [9.17, 15) is 9.59 Å². The number of amides is 3. The summed E-state index contributed by atoms with van der Waals surface area (Å²) in [7, 11) is 0. The topological polar surface area (TPSA) is 61.4 Å². The molecule has 3 rings (SSSR count). The van der Waals surface area contributed by atoms with Gasteiger partial charge in [-0.25, -0.2) is 4.79 Å². The van der Waals surface area contributed by atoms with Crippen LogP contribution >= 0.6 is 0 Å². The highest BCUT2D eigenvalue weighted by molar-refractivity contribution is 5.95. The van der Waals surface area contributed by atoms with Gasteiger partial charge in [0.05, 0.1) is 0 Å². The van der Waals surface area contributed by atoms with Crippen LogP contribution in [-0.4, -0.2) is 35.5 Å². The minimum atomic E-state index is -0.108. The summed E-state index contributed by atoms with van der Waals surface area (Å²) >= 11 is 0. The van der Waals surface area contributed by atoms with Crippen LogP contribution in [0, 0.1) is 0 Å². The van der Waals surface area contributed by atoms with Crippen molar-refractivity contribution in [3.8, 4) is 0 Å². The first-order valence-electron chi connectivity index (χ1n) is 9.53. The normalized spacial score (nSPS) is 21.7. The second-order valence-corrected chi connectivity index (χ2v) is 7.12. The molecular weight excluding hydrogens is 338 g/mol. The Kier molecular flexibility index (Phi) is 5.79. The van der Waals surface area contributed by atoms with E-state index in [1.165, 1.54) is 5.56 Å².